The number of rotatable bonds is 9. The van der Waals surface area contributed by atoms with Crippen LogP contribution >= 0.6 is 0 Å². The fourth-order valence-corrected chi connectivity index (χ4v) is 6.53. The first-order valence-electron chi connectivity index (χ1n) is 15.4. The van der Waals surface area contributed by atoms with E-state index in [2.05, 4.69) is 60.6 Å². The van der Waals surface area contributed by atoms with Gasteiger partial charge in [-0.2, -0.15) is 5.21 Å². The van der Waals surface area contributed by atoms with Crippen LogP contribution in [0.25, 0.3) is 0 Å². The van der Waals surface area contributed by atoms with E-state index in [9.17, 15) is 18.4 Å². The number of benzene rings is 2. The lowest BCUT2D eigenvalue weighted by molar-refractivity contribution is -0.133. The van der Waals surface area contributed by atoms with Crippen LogP contribution in [0.5, 0.6) is 0 Å². The maximum Gasteiger partial charge on any atom is 0.275 e. The quantitative estimate of drug-likeness (QED) is 0.304. The Labute approximate surface area is 256 Å². The molecule has 2 aliphatic rings. The van der Waals surface area contributed by atoms with Crippen LogP contribution in [0.2, 0.25) is 0 Å². The van der Waals surface area contributed by atoms with Gasteiger partial charge in [0.1, 0.15) is 23.0 Å². The van der Waals surface area contributed by atoms with Crippen LogP contribution in [-0.4, -0.2) is 48.7 Å². The zero-order chi connectivity index (χ0) is 31.6. The van der Waals surface area contributed by atoms with Crippen molar-refractivity contribution in [2.75, 3.05) is 0 Å². The summed E-state index contributed by atoms with van der Waals surface area (Å²) in [5.74, 6) is -0.872. The third-order valence-corrected chi connectivity index (χ3v) is 9.02. The number of tetrazole rings is 1. The second-order valence-corrected chi connectivity index (χ2v) is 13.5. The van der Waals surface area contributed by atoms with Gasteiger partial charge in [0.15, 0.2) is 5.82 Å². The first-order chi connectivity index (χ1) is 20.9. The number of carbonyl (C=O) groups excluding carboxylic acids is 2. The van der Waals surface area contributed by atoms with E-state index in [-0.39, 0.29) is 41.1 Å². The minimum absolute atomic E-state index is 0.101. The molecule has 9 nitrogen and oxygen atoms in total. The van der Waals surface area contributed by atoms with Gasteiger partial charge in [-0.1, -0.05) is 52.0 Å². The molecule has 11 heteroatoms. The van der Waals surface area contributed by atoms with Gasteiger partial charge >= 0.3 is 0 Å². The highest BCUT2D eigenvalue weighted by Gasteiger charge is 2.52. The first-order valence-corrected chi connectivity index (χ1v) is 15.4. The molecule has 44 heavy (non-hydrogen) atoms. The number of aliphatic imine (C=N–C) groups is 1. The molecule has 1 aliphatic carbocycles. The summed E-state index contributed by atoms with van der Waals surface area (Å²) in [6.07, 6.45) is 4.63. The largest absolute Gasteiger partial charge is 0.345 e. The number of carbonyl (C=O) groups is 2. The Balaban J connectivity index is 1.49. The molecule has 1 aromatic heterocycles. The lowest BCUT2D eigenvalue weighted by atomic mass is 9.69. The standard InChI is InChI=1S/C33H41F2N7O2/c1-20(2)6-11-27(21-7-9-22(10-8-21)30(43)36-19-28-38-40-41-39-28)42-31(44)29(23-16-25(34)18-26(35)17-23)37-33(42)14-12-24(13-15-33)32(3,4)5/h7-10,16-18,20,24,27H,6,11-15,19H2,1-5H3,(H,36,43)(H,38,39,40,41)/t24?,27-,33?/m1/s1. The molecule has 1 fully saturated rings. The molecule has 2 amide bonds. The van der Waals surface area contributed by atoms with Crippen molar-refractivity contribution in [3.8, 4) is 0 Å². The summed E-state index contributed by atoms with van der Waals surface area (Å²) in [5.41, 5.74) is 0.894. The van der Waals surface area contributed by atoms with Crippen LogP contribution in [0, 0.1) is 28.9 Å². The van der Waals surface area contributed by atoms with Gasteiger partial charge in [0, 0.05) is 17.2 Å². The Bertz CT molecular complexity index is 1490. The number of H-pyrrole nitrogens is 1. The van der Waals surface area contributed by atoms with Crippen LogP contribution in [0.3, 0.4) is 0 Å². The lowest BCUT2D eigenvalue weighted by Crippen LogP contribution is -2.51. The molecule has 234 valence electrons. The van der Waals surface area contributed by atoms with Crippen molar-refractivity contribution in [3.63, 3.8) is 0 Å². The van der Waals surface area contributed by atoms with Crippen LogP contribution in [0.1, 0.15) is 106 Å². The number of halogens is 2. The highest BCUT2D eigenvalue weighted by Crippen LogP contribution is 2.50. The monoisotopic (exact) mass is 605 g/mol. The van der Waals surface area contributed by atoms with Crippen molar-refractivity contribution in [1.82, 2.24) is 30.8 Å². The van der Waals surface area contributed by atoms with Gasteiger partial charge in [-0.25, -0.2) is 8.78 Å². The number of hydrogen-bond acceptors (Lipinski definition) is 6. The van der Waals surface area contributed by atoms with E-state index < -0.39 is 17.3 Å². The van der Waals surface area contributed by atoms with Gasteiger partial charge in [0.25, 0.3) is 11.8 Å². The fraction of sp³-hybridized carbons (Fsp3) is 0.515. The zero-order valence-electron chi connectivity index (χ0n) is 26.0. The average molecular weight is 606 g/mol. The van der Waals surface area contributed by atoms with Gasteiger partial charge in [0.05, 0.1) is 12.6 Å². The highest BCUT2D eigenvalue weighted by molar-refractivity contribution is 6.46. The summed E-state index contributed by atoms with van der Waals surface area (Å²) in [6, 6.07) is 10.1. The van der Waals surface area contributed by atoms with Crippen LogP contribution in [0.15, 0.2) is 47.5 Å². The van der Waals surface area contributed by atoms with Crippen molar-refractivity contribution >= 4 is 17.5 Å². The SMILES string of the molecule is CC(C)CC[C@H](c1ccc(C(=O)NCc2nn[nH]n2)cc1)N1C(=O)C(c2cc(F)cc(F)c2)=NC12CCC(C(C)(C)C)CC2. The Hall–Kier alpha value is -4.02. The van der Waals surface area contributed by atoms with Gasteiger partial charge < -0.3 is 10.2 Å². The molecule has 0 saturated heterocycles. The lowest BCUT2D eigenvalue weighted by Gasteiger charge is -2.47. The second-order valence-electron chi connectivity index (χ2n) is 13.5. The van der Waals surface area contributed by atoms with Gasteiger partial charge in [-0.15, -0.1) is 10.2 Å². The molecule has 1 aliphatic heterocycles. The van der Waals surface area contributed by atoms with Gasteiger partial charge in [-0.05, 0) is 85.6 Å². The van der Waals surface area contributed by atoms with E-state index in [4.69, 9.17) is 4.99 Å². The summed E-state index contributed by atoms with van der Waals surface area (Å²) >= 11 is 0. The third kappa shape index (κ3) is 6.71. The van der Waals surface area contributed by atoms with E-state index in [1.54, 1.807) is 12.1 Å². The summed E-state index contributed by atoms with van der Waals surface area (Å²) in [4.78, 5) is 34.1. The van der Waals surface area contributed by atoms with E-state index in [0.717, 1.165) is 30.9 Å². The van der Waals surface area contributed by atoms with E-state index in [0.29, 0.717) is 42.5 Å². The summed E-state index contributed by atoms with van der Waals surface area (Å²) < 4.78 is 28.7. The van der Waals surface area contributed by atoms with Crippen LogP contribution in [-0.2, 0) is 11.3 Å². The molecule has 2 heterocycles. The Kier molecular flexibility index (Phi) is 8.95. The molecule has 0 unspecified atom stereocenters. The smallest absolute Gasteiger partial charge is 0.275 e. The third-order valence-electron chi connectivity index (χ3n) is 9.02. The topological polar surface area (TPSA) is 116 Å². The van der Waals surface area contributed by atoms with Crippen molar-refractivity contribution in [3.05, 3.63) is 76.6 Å². The summed E-state index contributed by atoms with van der Waals surface area (Å²) in [6.45, 7) is 11.1. The van der Waals surface area contributed by atoms with E-state index in [1.165, 1.54) is 12.1 Å². The highest BCUT2D eigenvalue weighted by atomic mass is 19.1. The minimum Gasteiger partial charge on any atom is -0.345 e. The number of nitrogens with one attached hydrogen (secondary N) is 2. The van der Waals surface area contributed by atoms with Crippen molar-refractivity contribution in [1.29, 1.82) is 0 Å². The van der Waals surface area contributed by atoms with Crippen LogP contribution in [0.4, 0.5) is 8.78 Å². The summed E-state index contributed by atoms with van der Waals surface area (Å²) in [7, 11) is 0. The Morgan fingerprint density at radius 3 is 2.30 bits per heavy atom. The fourth-order valence-electron chi connectivity index (χ4n) is 6.53. The molecule has 1 atom stereocenters. The Morgan fingerprint density at radius 2 is 1.73 bits per heavy atom. The molecule has 1 spiro atoms. The van der Waals surface area contributed by atoms with Gasteiger partial charge in [0.2, 0.25) is 0 Å². The average Bonchev–Trinajstić information content (AvgIpc) is 3.58. The summed E-state index contributed by atoms with van der Waals surface area (Å²) in [5, 5.41) is 16.3. The second kappa shape index (κ2) is 12.5. The predicted molar refractivity (Wildman–Crippen MR) is 162 cm³/mol. The predicted octanol–water partition coefficient (Wildman–Crippen LogP) is 6.15. The van der Waals surface area contributed by atoms with E-state index >= 15 is 0 Å². The van der Waals surface area contributed by atoms with Crippen molar-refractivity contribution in [2.45, 2.75) is 91.4 Å². The molecule has 1 saturated carbocycles. The van der Waals surface area contributed by atoms with Gasteiger partial charge in [-0.3, -0.25) is 14.6 Å². The number of aromatic nitrogens is 4. The van der Waals surface area contributed by atoms with E-state index in [1.807, 2.05) is 17.0 Å². The minimum atomic E-state index is -0.820. The van der Waals surface area contributed by atoms with Crippen molar-refractivity contribution in [2.24, 2.45) is 22.2 Å². The number of hydrogen-bond donors (Lipinski definition) is 2. The molecule has 2 N–H and O–H groups in total. The number of amides is 2. The number of nitrogens with zero attached hydrogens (tertiary/aromatic N) is 5. The molecule has 3 aromatic rings. The molecular formula is C33H41F2N7O2. The van der Waals surface area contributed by atoms with Crippen LogP contribution < -0.4 is 5.32 Å². The molecule has 2 aromatic carbocycles. The maximum absolute atomic E-state index is 14.4. The molecular weight excluding hydrogens is 564 g/mol. The molecule has 0 bridgehead atoms. The maximum atomic E-state index is 14.4. The molecule has 0 radical (unpaired) electrons. The number of aromatic amines is 1. The van der Waals surface area contributed by atoms with Crippen molar-refractivity contribution < 1.29 is 18.4 Å². The Morgan fingerprint density at radius 1 is 1.07 bits per heavy atom. The molecule has 5 rings (SSSR count). The zero-order valence-corrected chi connectivity index (χ0v) is 26.0. The first kappa shape index (κ1) is 31.4. The normalized spacial score (nSPS) is 21.2.